The normalized spacial score (nSPS) is 13.4. The van der Waals surface area contributed by atoms with E-state index in [2.05, 4.69) is 181 Å². The van der Waals surface area contributed by atoms with Crippen LogP contribution in [0, 0.1) is 18.5 Å². The largest absolute Gasteiger partial charge is 0.510 e. The quantitative estimate of drug-likeness (QED) is 0.127. The summed E-state index contributed by atoms with van der Waals surface area (Å²) in [6.07, 6.45) is 5.76. The summed E-state index contributed by atoms with van der Waals surface area (Å²) in [4.78, 5) is 4.87. The SMILES string of the molecule is [2H]c1c([2H])c([2H])c(-c2cccc3c2-c2cc(C(C)(C)C)cc(C(C)(C)C)c2-[n+]2[c-]n(-c4[c-]c(Oc5[c-]c6c(cc5)c5ccccc5n6-c5cc(C(C)(C)C)ccn5)ccc4)c4cccc(c42)-c2ccccc2-3)c([2H])c1[2H].[Pt]. The van der Waals surface area contributed by atoms with Gasteiger partial charge in [-0.25, -0.2) is 4.98 Å². The summed E-state index contributed by atoms with van der Waals surface area (Å²) in [6.45, 7) is 19.9. The van der Waals surface area contributed by atoms with E-state index in [9.17, 15) is 2.74 Å². The van der Waals surface area contributed by atoms with Crippen molar-refractivity contribution in [1.29, 1.82) is 0 Å². The van der Waals surface area contributed by atoms with Crippen molar-refractivity contribution >= 4 is 32.8 Å². The summed E-state index contributed by atoms with van der Waals surface area (Å²) >= 11 is 0. The molecule has 1 aliphatic heterocycles. The van der Waals surface area contributed by atoms with E-state index in [-0.39, 0.29) is 61.6 Å². The summed E-state index contributed by atoms with van der Waals surface area (Å²) in [7, 11) is 0. The van der Waals surface area contributed by atoms with Crippen molar-refractivity contribution in [3.8, 4) is 73.2 Å². The summed E-state index contributed by atoms with van der Waals surface area (Å²) in [5.41, 5.74) is 13.9. The van der Waals surface area contributed by atoms with Gasteiger partial charge < -0.3 is 13.9 Å². The Labute approximate surface area is 444 Å². The summed E-state index contributed by atoms with van der Waals surface area (Å²) in [5.74, 6) is 1.84. The van der Waals surface area contributed by atoms with Crippen molar-refractivity contribution in [2.24, 2.45) is 0 Å². The zero-order valence-corrected chi connectivity index (χ0v) is 44.1. The fourth-order valence-corrected chi connectivity index (χ4v) is 10.3. The maximum Gasteiger partial charge on any atom is 0.268 e. The van der Waals surface area contributed by atoms with E-state index >= 15 is 0 Å². The van der Waals surface area contributed by atoms with E-state index in [4.69, 9.17) is 13.8 Å². The molecule has 0 spiro atoms. The summed E-state index contributed by atoms with van der Waals surface area (Å²) in [6, 6.07) is 53.3. The molecule has 0 aliphatic carbocycles. The van der Waals surface area contributed by atoms with Gasteiger partial charge in [-0.15, -0.1) is 29.7 Å². The van der Waals surface area contributed by atoms with Crippen LogP contribution in [-0.4, -0.2) is 14.1 Å². The van der Waals surface area contributed by atoms with Crippen molar-refractivity contribution in [3.05, 3.63) is 211 Å². The first-order chi connectivity index (χ1) is 36.2. The van der Waals surface area contributed by atoms with Crippen LogP contribution in [0.5, 0.6) is 11.5 Å². The van der Waals surface area contributed by atoms with Crippen LogP contribution in [0.4, 0.5) is 0 Å². The number of benzene rings is 8. The molecule has 3 aromatic heterocycles. The number of aromatic nitrogens is 4. The van der Waals surface area contributed by atoms with Gasteiger partial charge in [0.25, 0.3) is 6.33 Å². The van der Waals surface area contributed by atoms with Gasteiger partial charge >= 0.3 is 0 Å². The molecular weight excluding hydrogens is 1060 g/mol. The van der Waals surface area contributed by atoms with Gasteiger partial charge in [-0.2, -0.15) is 18.2 Å². The van der Waals surface area contributed by atoms with Crippen LogP contribution in [0.3, 0.4) is 0 Å². The van der Waals surface area contributed by atoms with Gasteiger partial charge in [-0.3, -0.25) is 4.57 Å². The van der Waals surface area contributed by atoms with E-state index in [1.165, 1.54) is 5.56 Å². The second-order valence-corrected chi connectivity index (χ2v) is 21.7. The molecule has 0 unspecified atom stereocenters. The van der Waals surface area contributed by atoms with Crippen LogP contribution < -0.4 is 9.30 Å². The maximum absolute atomic E-state index is 9.35. The molecule has 8 aromatic carbocycles. The molecule has 0 amide bonds. The Hall–Kier alpha value is -7.33. The predicted molar refractivity (Wildman–Crippen MR) is 291 cm³/mol. The van der Waals surface area contributed by atoms with Crippen molar-refractivity contribution in [2.45, 2.75) is 78.6 Å². The number of ether oxygens (including phenoxy) is 1. The van der Waals surface area contributed by atoms with E-state index in [0.717, 1.165) is 88.9 Å². The number of nitrogens with zero attached hydrogens (tertiary/aromatic N) is 4. The van der Waals surface area contributed by atoms with Crippen molar-refractivity contribution in [3.63, 3.8) is 0 Å². The Morgan fingerprint density at radius 3 is 1.97 bits per heavy atom. The molecule has 72 heavy (non-hydrogen) atoms. The first kappa shape index (κ1) is 41.3. The van der Waals surface area contributed by atoms with Crippen molar-refractivity contribution in [2.75, 3.05) is 0 Å². The van der Waals surface area contributed by atoms with Crippen LogP contribution in [-0.2, 0) is 37.3 Å². The van der Waals surface area contributed by atoms with Gasteiger partial charge in [-0.1, -0.05) is 189 Å². The maximum atomic E-state index is 9.35. The van der Waals surface area contributed by atoms with Crippen molar-refractivity contribution < 1.29 is 37.2 Å². The number of imidazole rings is 1. The van der Waals surface area contributed by atoms with Crippen LogP contribution in [0.15, 0.2) is 176 Å². The van der Waals surface area contributed by atoms with E-state index in [1.807, 2.05) is 59.3 Å². The number of para-hydroxylation sites is 2. The fraction of sp³-hybridized carbons (Fsp3) is 0.182. The molecule has 0 N–H and O–H groups in total. The molecule has 0 saturated heterocycles. The molecular formula is C66H56N4OPt-2. The van der Waals surface area contributed by atoms with Crippen LogP contribution in [0.25, 0.3) is 94.5 Å². The Morgan fingerprint density at radius 1 is 0.556 bits per heavy atom. The number of pyridine rings is 1. The third-order valence-electron chi connectivity index (χ3n) is 13.9. The second kappa shape index (κ2) is 17.5. The third-order valence-corrected chi connectivity index (χ3v) is 13.9. The van der Waals surface area contributed by atoms with E-state index < -0.39 is 11.5 Å². The summed E-state index contributed by atoms with van der Waals surface area (Å²) in [5, 5.41) is 2.14. The van der Waals surface area contributed by atoms with Gasteiger partial charge in [0.2, 0.25) is 0 Å². The minimum atomic E-state index is -0.431. The number of fused-ring (bicyclic) bond motifs is 10. The third kappa shape index (κ3) is 7.90. The molecule has 0 atom stereocenters. The Kier molecular flexibility index (Phi) is 10.0. The van der Waals surface area contributed by atoms with Crippen LogP contribution >= 0.6 is 0 Å². The Bertz CT molecular complexity index is 4200. The van der Waals surface area contributed by atoms with Gasteiger partial charge in [-0.05, 0) is 107 Å². The topological polar surface area (TPSA) is 35.9 Å². The van der Waals surface area contributed by atoms with Crippen LogP contribution in [0.2, 0.25) is 0 Å². The fourth-order valence-electron chi connectivity index (χ4n) is 10.3. The number of hydrogen-bond acceptors (Lipinski definition) is 2. The monoisotopic (exact) mass is 1120 g/mol. The van der Waals surface area contributed by atoms with Gasteiger partial charge in [0.1, 0.15) is 5.82 Å². The molecule has 0 bridgehead atoms. The van der Waals surface area contributed by atoms with E-state index in [0.29, 0.717) is 22.7 Å². The smallest absolute Gasteiger partial charge is 0.268 e. The van der Waals surface area contributed by atoms with Crippen molar-refractivity contribution in [1.82, 2.24) is 14.1 Å². The average molecular weight is 1120 g/mol. The predicted octanol–water partition coefficient (Wildman–Crippen LogP) is 16.5. The minimum Gasteiger partial charge on any atom is -0.510 e. The molecule has 1 aliphatic rings. The molecule has 5 nitrogen and oxygen atoms in total. The molecule has 0 fully saturated rings. The molecule has 0 saturated carbocycles. The molecule has 12 rings (SSSR count). The first-order valence-corrected chi connectivity index (χ1v) is 24.3. The minimum absolute atomic E-state index is 0. The van der Waals surface area contributed by atoms with Crippen LogP contribution in [0.1, 0.15) is 85.9 Å². The Balaban J connectivity index is 0.00000631. The van der Waals surface area contributed by atoms with Gasteiger partial charge in [0.15, 0.2) is 0 Å². The molecule has 6 heteroatoms. The molecule has 358 valence electrons. The number of hydrogen-bond donors (Lipinski definition) is 0. The second-order valence-electron chi connectivity index (χ2n) is 21.7. The number of rotatable bonds is 5. The van der Waals surface area contributed by atoms with E-state index in [1.54, 1.807) is 0 Å². The van der Waals surface area contributed by atoms with Gasteiger partial charge in [0, 0.05) is 44.3 Å². The zero-order valence-electron chi connectivity index (χ0n) is 46.9. The summed E-state index contributed by atoms with van der Waals surface area (Å²) < 4.78 is 58.1. The standard InChI is InChI=1S/C66H56N4O.Pt/c1-64(2,3)43-34-35-67-60(38-43)70-57-30-16-15-26-51(57)52-33-32-47(40-59(52)70)71-46-23-17-22-45(39-46)68-41-69-62-55(36-44(65(4,5)6)37-56(62)66(7,8)9)61-48(42-20-11-10-12-21-42)27-18-28-53(61)49-24-13-14-25-50(49)54-29-19-31-58(68)63(54)69;/h10-38H,1-9H3;/q-2;/i10D,11D,12D,20D,21D;. The molecule has 11 aromatic rings. The zero-order chi connectivity index (χ0) is 53.3. The first-order valence-electron chi connectivity index (χ1n) is 26.8. The molecule has 0 radical (unpaired) electrons. The average Bonchev–Trinajstić information content (AvgIpc) is 4.06. The Morgan fingerprint density at radius 2 is 1.21 bits per heavy atom. The molecule has 4 heterocycles. The van der Waals surface area contributed by atoms with Gasteiger partial charge in [0.05, 0.1) is 23.6 Å².